The maximum Gasteiger partial charge on any atom is 0.417 e. The standard InChI is InChI=1S/C15H12F5N3O5S2/c16-14(17)28-10-4-2-1-3-7(10)13-22-9-5-8(15(18,19)20)11(29(21,24)25)6-12(9)30(26,27)23-13/h1-6,13-14,22-23H,(H2,21,24,25). The highest BCUT2D eigenvalue weighted by Crippen LogP contribution is 2.41. The number of rotatable bonds is 4. The molecule has 3 rings (SSSR count). The van der Waals surface area contributed by atoms with Gasteiger partial charge in [0, 0.05) is 5.56 Å². The number of nitrogens with two attached hydrogens (primary N) is 1. The maximum absolute atomic E-state index is 13.4. The van der Waals surface area contributed by atoms with E-state index in [9.17, 15) is 38.8 Å². The molecular weight excluding hydrogens is 461 g/mol. The van der Waals surface area contributed by atoms with Gasteiger partial charge in [-0.3, -0.25) is 0 Å². The lowest BCUT2D eigenvalue weighted by atomic mass is 10.1. The summed E-state index contributed by atoms with van der Waals surface area (Å²) in [7, 11) is -9.50. The summed E-state index contributed by atoms with van der Waals surface area (Å²) in [6.07, 6.45) is -6.67. The number of fused-ring (bicyclic) bond motifs is 1. The van der Waals surface area contributed by atoms with Gasteiger partial charge in [0.1, 0.15) is 16.8 Å². The number of halogens is 5. The molecule has 2 aromatic rings. The number of primary sulfonamides is 1. The van der Waals surface area contributed by atoms with Gasteiger partial charge in [-0.2, -0.15) is 26.7 Å². The average Bonchev–Trinajstić information content (AvgIpc) is 2.58. The minimum atomic E-state index is -5.18. The fourth-order valence-corrected chi connectivity index (χ4v) is 4.96. The lowest BCUT2D eigenvalue weighted by Crippen LogP contribution is -2.39. The Morgan fingerprint density at radius 1 is 1.13 bits per heavy atom. The van der Waals surface area contributed by atoms with E-state index in [1.54, 1.807) is 0 Å². The molecular formula is C15H12F5N3O5S2. The Morgan fingerprint density at radius 3 is 2.33 bits per heavy atom. The molecule has 164 valence electrons. The van der Waals surface area contributed by atoms with Crippen molar-refractivity contribution in [2.75, 3.05) is 5.32 Å². The number of para-hydroxylation sites is 1. The predicted molar refractivity (Wildman–Crippen MR) is 92.6 cm³/mol. The van der Waals surface area contributed by atoms with E-state index in [2.05, 4.69) is 10.1 Å². The van der Waals surface area contributed by atoms with Crippen LogP contribution in [-0.2, 0) is 26.2 Å². The number of nitrogens with one attached hydrogen (secondary N) is 2. The van der Waals surface area contributed by atoms with Crippen molar-refractivity contribution in [3.8, 4) is 5.75 Å². The molecule has 0 bridgehead atoms. The normalized spacial score (nSPS) is 18.6. The van der Waals surface area contributed by atoms with E-state index in [1.807, 2.05) is 4.72 Å². The van der Waals surface area contributed by atoms with Crippen LogP contribution in [0.3, 0.4) is 0 Å². The van der Waals surface area contributed by atoms with Gasteiger partial charge in [0.2, 0.25) is 20.0 Å². The van der Waals surface area contributed by atoms with Crippen LogP contribution in [0.15, 0.2) is 46.2 Å². The van der Waals surface area contributed by atoms with E-state index in [-0.39, 0.29) is 17.7 Å². The Bertz CT molecular complexity index is 1200. The van der Waals surface area contributed by atoms with Crippen molar-refractivity contribution in [3.63, 3.8) is 0 Å². The second kappa shape index (κ2) is 7.33. The third-order valence-electron chi connectivity index (χ3n) is 4.00. The van der Waals surface area contributed by atoms with Crippen molar-refractivity contribution in [2.24, 2.45) is 5.14 Å². The first-order valence-electron chi connectivity index (χ1n) is 7.81. The smallest absolute Gasteiger partial charge is 0.417 e. The van der Waals surface area contributed by atoms with Gasteiger partial charge >= 0.3 is 12.8 Å². The zero-order valence-electron chi connectivity index (χ0n) is 14.4. The molecule has 15 heteroatoms. The molecule has 30 heavy (non-hydrogen) atoms. The molecule has 0 aliphatic carbocycles. The van der Waals surface area contributed by atoms with Crippen LogP contribution >= 0.6 is 0 Å². The molecule has 1 heterocycles. The first-order chi connectivity index (χ1) is 13.7. The first-order valence-corrected chi connectivity index (χ1v) is 10.8. The molecule has 8 nitrogen and oxygen atoms in total. The monoisotopic (exact) mass is 473 g/mol. The van der Waals surface area contributed by atoms with E-state index in [1.165, 1.54) is 18.2 Å². The number of sulfonamides is 2. The topological polar surface area (TPSA) is 128 Å². The summed E-state index contributed by atoms with van der Waals surface area (Å²) in [4.78, 5) is -2.25. The Kier molecular flexibility index (Phi) is 5.43. The number of benzene rings is 2. The molecule has 1 unspecified atom stereocenters. The van der Waals surface area contributed by atoms with Crippen LogP contribution in [0.4, 0.5) is 27.6 Å². The third kappa shape index (κ3) is 4.33. The number of alkyl halides is 5. The third-order valence-corrected chi connectivity index (χ3v) is 6.42. The average molecular weight is 473 g/mol. The van der Waals surface area contributed by atoms with Crippen LogP contribution in [0.1, 0.15) is 17.3 Å². The van der Waals surface area contributed by atoms with Crippen LogP contribution in [0.25, 0.3) is 0 Å². The number of anilines is 1. The first kappa shape index (κ1) is 22.2. The lowest BCUT2D eigenvalue weighted by molar-refractivity contribution is -0.139. The summed E-state index contributed by atoms with van der Waals surface area (Å²) in [5, 5.41) is 7.23. The van der Waals surface area contributed by atoms with Crippen molar-refractivity contribution in [3.05, 3.63) is 47.5 Å². The molecule has 2 aromatic carbocycles. The molecule has 1 aliphatic rings. The highest BCUT2D eigenvalue weighted by atomic mass is 32.2. The van der Waals surface area contributed by atoms with Crippen LogP contribution in [0.2, 0.25) is 0 Å². The number of ether oxygens (including phenoxy) is 1. The van der Waals surface area contributed by atoms with Gasteiger partial charge in [0.25, 0.3) is 0 Å². The summed E-state index contributed by atoms with van der Waals surface area (Å²) in [5.41, 5.74) is -2.44. The van der Waals surface area contributed by atoms with Gasteiger partial charge in [0.05, 0.1) is 16.1 Å². The quantitative estimate of drug-likeness (QED) is 0.585. The van der Waals surface area contributed by atoms with E-state index >= 15 is 0 Å². The van der Waals surface area contributed by atoms with Gasteiger partial charge in [0.15, 0.2) is 0 Å². The van der Waals surface area contributed by atoms with E-state index in [0.29, 0.717) is 0 Å². The van der Waals surface area contributed by atoms with Crippen molar-refractivity contribution >= 4 is 25.7 Å². The fraction of sp³-hybridized carbons (Fsp3) is 0.200. The maximum atomic E-state index is 13.4. The van der Waals surface area contributed by atoms with Crippen molar-refractivity contribution < 1.29 is 43.5 Å². The largest absolute Gasteiger partial charge is 0.434 e. The number of hydrogen-bond donors (Lipinski definition) is 3. The Hall–Kier alpha value is -2.49. The Labute approximate surface area is 166 Å². The molecule has 0 spiro atoms. The summed E-state index contributed by atoms with van der Waals surface area (Å²) in [5.74, 6) is -0.423. The second-order valence-electron chi connectivity index (χ2n) is 6.00. The predicted octanol–water partition coefficient (Wildman–Crippen LogP) is 2.36. The van der Waals surface area contributed by atoms with Gasteiger partial charge in [-0.05, 0) is 18.2 Å². The van der Waals surface area contributed by atoms with Crippen LogP contribution in [-0.4, -0.2) is 23.4 Å². The highest BCUT2D eigenvalue weighted by Gasteiger charge is 2.41. The van der Waals surface area contributed by atoms with Crippen molar-refractivity contribution in [1.29, 1.82) is 0 Å². The molecule has 0 aromatic heterocycles. The lowest BCUT2D eigenvalue weighted by Gasteiger charge is -2.30. The molecule has 4 N–H and O–H groups in total. The molecule has 0 radical (unpaired) electrons. The van der Waals surface area contributed by atoms with E-state index < -0.39 is 65.8 Å². The van der Waals surface area contributed by atoms with Crippen LogP contribution in [0.5, 0.6) is 5.75 Å². The van der Waals surface area contributed by atoms with Gasteiger partial charge in [-0.15, -0.1) is 0 Å². The minimum Gasteiger partial charge on any atom is -0.434 e. The second-order valence-corrected chi connectivity index (χ2v) is 9.21. The van der Waals surface area contributed by atoms with Crippen molar-refractivity contribution in [1.82, 2.24) is 4.72 Å². The highest BCUT2D eigenvalue weighted by molar-refractivity contribution is 7.90. The van der Waals surface area contributed by atoms with Crippen LogP contribution in [0, 0.1) is 0 Å². The zero-order chi connectivity index (χ0) is 22.5. The fourth-order valence-electron chi connectivity index (χ4n) is 2.82. The summed E-state index contributed by atoms with van der Waals surface area (Å²) >= 11 is 0. The molecule has 1 aliphatic heterocycles. The van der Waals surface area contributed by atoms with E-state index in [0.717, 1.165) is 6.07 Å². The molecule has 0 saturated heterocycles. The SMILES string of the molecule is NS(=O)(=O)c1cc2c(cc1C(F)(F)F)NC(c1ccccc1OC(F)F)NS2(=O)=O. The molecule has 0 amide bonds. The summed E-state index contributed by atoms with van der Waals surface area (Å²) < 4.78 is 120. The van der Waals surface area contributed by atoms with Crippen molar-refractivity contribution in [2.45, 2.75) is 28.7 Å². The van der Waals surface area contributed by atoms with Crippen LogP contribution < -0.4 is 19.9 Å². The van der Waals surface area contributed by atoms with Gasteiger partial charge in [-0.1, -0.05) is 18.2 Å². The molecule has 0 fully saturated rings. The van der Waals surface area contributed by atoms with E-state index in [4.69, 9.17) is 5.14 Å². The molecule has 1 atom stereocenters. The van der Waals surface area contributed by atoms with Gasteiger partial charge in [-0.25, -0.2) is 22.0 Å². The summed E-state index contributed by atoms with van der Waals surface area (Å²) in [6.45, 7) is -3.24. The van der Waals surface area contributed by atoms with Gasteiger partial charge < -0.3 is 10.1 Å². The Balaban J connectivity index is 2.19. The minimum absolute atomic E-state index is 0.142. The number of hydrogen-bond acceptors (Lipinski definition) is 6. The Morgan fingerprint density at radius 2 is 1.77 bits per heavy atom. The molecule has 0 saturated carbocycles. The zero-order valence-corrected chi connectivity index (χ0v) is 16.1. The summed E-state index contributed by atoms with van der Waals surface area (Å²) in [6, 6.07) is 5.57.